The van der Waals surface area contributed by atoms with Crippen LogP contribution in [0, 0.1) is 25.5 Å². The number of nitrogens with zero attached hydrogens (tertiary/aromatic N) is 1. The quantitative estimate of drug-likeness (QED) is 0.502. The number of piperidine rings is 1. The van der Waals surface area contributed by atoms with Crippen molar-refractivity contribution in [3.63, 3.8) is 0 Å². The minimum Gasteiger partial charge on any atom is -0.376 e. The third-order valence-electron chi connectivity index (χ3n) is 7.77. The summed E-state index contributed by atoms with van der Waals surface area (Å²) in [5.74, 6) is -0.856. The maximum absolute atomic E-state index is 14.0. The molecule has 0 aliphatic carbocycles. The summed E-state index contributed by atoms with van der Waals surface area (Å²) in [6, 6.07) is 11.9. The van der Waals surface area contributed by atoms with E-state index in [4.69, 9.17) is 4.74 Å². The van der Waals surface area contributed by atoms with Gasteiger partial charge in [0.15, 0.2) is 0 Å². The number of fused-ring (bicyclic) bond motifs is 2. The Labute approximate surface area is 179 Å². The molecule has 2 saturated heterocycles. The van der Waals surface area contributed by atoms with E-state index in [9.17, 15) is 8.78 Å². The van der Waals surface area contributed by atoms with E-state index in [2.05, 4.69) is 39.1 Å². The molecule has 2 fully saturated rings. The van der Waals surface area contributed by atoms with Crippen LogP contribution in [0.15, 0.2) is 36.4 Å². The first kappa shape index (κ1) is 21.5. The number of rotatable bonds is 7. The highest BCUT2D eigenvalue weighted by molar-refractivity contribution is 5.36. The fraction of sp³-hybridized carbons (Fsp3) is 0.538. The summed E-state index contributed by atoms with van der Waals surface area (Å²) in [5.41, 5.74) is 3.92. The second-order valence-corrected chi connectivity index (χ2v) is 9.56. The molecule has 2 bridgehead atoms. The maximum Gasteiger partial charge on any atom is 0.131 e. The Hall–Kier alpha value is -1.78. The van der Waals surface area contributed by atoms with Crippen molar-refractivity contribution >= 4 is 0 Å². The average Bonchev–Trinajstić information content (AvgIpc) is 2.86. The Kier molecular flexibility index (Phi) is 6.26. The molecule has 2 heterocycles. The number of benzene rings is 2. The summed E-state index contributed by atoms with van der Waals surface area (Å²) in [6.07, 6.45) is 6.62. The summed E-state index contributed by atoms with van der Waals surface area (Å²) < 4.78 is 35.2. The van der Waals surface area contributed by atoms with E-state index in [0.29, 0.717) is 6.61 Å². The van der Waals surface area contributed by atoms with E-state index in [1.807, 2.05) is 0 Å². The second-order valence-electron chi connectivity index (χ2n) is 9.56. The molecule has 2 aromatic carbocycles. The summed E-state index contributed by atoms with van der Waals surface area (Å²) in [5, 5.41) is 0. The molecule has 162 valence electrons. The monoisotopic (exact) mass is 414 g/mol. The summed E-state index contributed by atoms with van der Waals surface area (Å²) >= 11 is 0. The van der Waals surface area contributed by atoms with Crippen LogP contribution in [-0.4, -0.2) is 36.8 Å². The molecule has 4 rings (SSSR count). The van der Waals surface area contributed by atoms with Crippen LogP contribution >= 0.6 is 0 Å². The average molecular weight is 415 g/mol. The number of likely N-dealkylation sites (N-methyl/N-ethyl adjacent to an activating group) is 1. The molecule has 30 heavy (non-hydrogen) atoms. The Morgan fingerprint density at radius 1 is 0.933 bits per heavy atom. The lowest BCUT2D eigenvalue weighted by Crippen LogP contribution is -2.57. The molecule has 2 nitrogen and oxygen atoms in total. The molecule has 0 saturated carbocycles. The zero-order chi connectivity index (χ0) is 21.3. The van der Waals surface area contributed by atoms with Crippen LogP contribution in [0.1, 0.15) is 60.3 Å². The highest BCUT2D eigenvalue weighted by Gasteiger charge is 2.49. The fourth-order valence-electron chi connectivity index (χ4n) is 6.19. The fourth-order valence-corrected chi connectivity index (χ4v) is 6.19. The lowest BCUT2D eigenvalue weighted by Gasteiger charge is -2.47. The second kappa shape index (κ2) is 8.76. The van der Waals surface area contributed by atoms with Crippen molar-refractivity contribution in [2.24, 2.45) is 0 Å². The molecule has 4 atom stereocenters. The standard InChI is InChI=1S/C26H34F2NO/c1-18-7-4-8-19(2)26(18)20(15-29(3)21-9-5-10-22(29)14-13-21)16-30-17-23-24(27)11-6-12-25(23)28/h4,6-8,11-12,20-22H,5,9-10,13-17H2,1-3H3/q+1/t20?,21-,22+,29?. The smallest absolute Gasteiger partial charge is 0.131 e. The highest BCUT2D eigenvalue weighted by Crippen LogP contribution is 2.43. The Morgan fingerprint density at radius 2 is 1.50 bits per heavy atom. The van der Waals surface area contributed by atoms with Gasteiger partial charge in [0.1, 0.15) is 11.6 Å². The lowest BCUT2D eigenvalue weighted by atomic mass is 9.88. The first-order valence-corrected chi connectivity index (χ1v) is 11.3. The van der Waals surface area contributed by atoms with Crippen molar-refractivity contribution in [1.82, 2.24) is 0 Å². The van der Waals surface area contributed by atoms with Crippen molar-refractivity contribution in [3.05, 3.63) is 70.3 Å². The van der Waals surface area contributed by atoms with Gasteiger partial charge in [0.2, 0.25) is 0 Å². The zero-order valence-corrected chi connectivity index (χ0v) is 18.5. The third kappa shape index (κ3) is 4.04. The first-order valence-electron chi connectivity index (χ1n) is 11.3. The Morgan fingerprint density at radius 3 is 2.10 bits per heavy atom. The van der Waals surface area contributed by atoms with E-state index in [-0.39, 0.29) is 18.1 Å². The van der Waals surface area contributed by atoms with E-state index in [1.54, 1.807) is 0 Å². The molecular weight excluding hydrogens is 380 g/mol. The number of hydrogen-bond donors (Lipinski definition) is 0. The molecule has 0 N–H and O–H groups in total. The summed E-state index contributed by atoms with van der Waals surface area (Å²) in [4.78, 5) is 0. The largest absolute Gasteiger partial charge is 0.376 e. The van der Waals surface area contributed by atoms with Gasteiger partial charge in [-0.2, -0.15) is 0 Å². The van der Waals surface area contributed by atoms with Crippen LogP contribution in [-0.2, 0) is 11.3 Å². The van der Waals surface area contributed by atoms with Crippen LogP contribution in [0.5, 0.6) is 0 Å². The number of aryl methyl sites for hydroxylation is 2. The van der Waals surface area contributed by atoms with E-state index in [1.165, 1.54) is 67.0 Å². The van der Waals surface area contributed by atoms with E-state index < -0.39 is 11.6 Å². The van der Waals surface area contributed by atoms with Crippen LogP contribution in [0.2, 0.25) is 0 Å². The molecule has 2 aromatic rings. The van der Waals surface area contributed by atoms with E-state index in [0.717, 1.165) is 23.1 Å². The van der Waals surface area contributed by atoms with Crippen molar-refractivity contribution in [2.75, 3.05) is 20.2 Å². The molecule has 2 aliphatic rings. The first-order chi connectivity index (χ1) is 14.4. The van der Waals surface area contributed by atoms with Crippen molar-refractivity contribution in [3.8, 4) is 0 Å². The predicted octanol–water partition coefficient (Wildman–Crippen LogP) is 6.04. The minimum atomic E-state index is -0.535. The maximum atomic E-state index is 14.0. The van der Waals surface area contributed by atoms with Gasteiger partial charge in [-0.05, 0) is 61.9 Å². The molecule has 4 heteroatoms. The zero-order valence-electron chi connectivity index (χ0n) is 18.5. The molecule has 0 amide bonds. The third-order valence-corrected chi connectivity index (χ3v) is 7.77. The minimum absolute atomic E-state index is 0.0243. The Balaban J connectivity index is 1.57. The molecule has 0 radical (unpaired) electrons. The SMILES string of the molecule is Cc1cccc(C)c1C(COCc1c(F)cccc1F)C[N+]1(C)[C@@H]2CCC[C@H]1CC2. The number of quaternary nitrogens is 1. The van der Waals surface area contributed by atoms with Gasteiger partial charge in [-0.3, -0.25) is 0 Å². The van der Waals surface area contributed by atoms with Gasteiger partial charge in [0.05, 0.1) is 44.8 Å². The number of halogens is 2. The van der Waals surface area contributed by atoms with Gasteiger partial charge in [0, 0.05) is 18.4 Å². The Bertz CT molecular complexity index is 840. The highest BCUT2D eigenvalue weighted by atomic mass is 19.1. The molecule has 2 aliphatic heterocycles. The van der Waals surface area contributed by atoms with Gasteiger partial charge in [-0.15, -0.1) is 0 Å². The van der Waals surface area contributed by atoms with Gasteiger partial charge in [-0.1, -0.05) is 24.3 Å². The van der Waals surface area contributed by atoms with E-state index >= 15 is 0 Å². The number of hydrogen-bond acceptors (Lipinski definition) is 1. The predicted molar refractivity (Wildman–Crippen MR) is 116 cm³/mol. The normalized spacial score (nSPS) is 26.7. The van der Waals surface area contributed by atoms with Gasteiger partial charge < -0.3 is 9.22 Å². The van der Waals surface area contributed by atoms with Crippen LogP contribution in [0.3, 0.4) is 0 Å². The summed E-state index contributed by atoms with van der Waals surface area (Å²) in [7, 11) is 2.43. The topological polar surface area (TPSA) is 9.23 Å². The van der Waals surface area contributed by atoms with Gasteiger partial charge in [0.25, 0.3) is 0 Å². The molecule has 0 aromatic heterocycles. The lowest BCUT2D eigenvalue weighted by molar-refractivity contribution is -0.949. The molecule has 0 spiro atoms. The van der Waals surface area contributed by atoms with Crippen molar-refractivity contribution in [1.29, 1.82) is 0 Å². The van der Waals surface area contributed by atoms with Crippen LogP contribution < -0.4 is 0 Å². The van der Waals surface area contributed by atoms with Crippen LogP contribution in [0.4, 0.5) is 8.78 Å². The van der Waals surface area contributed by atoms with Crippen molar-refractivity contribution in [2.45, 2.75) is 70.6 Å². The van der Waals surface area contributed by atoms with Gasteiger partial charge in [-0.25, -0.2) is 8.78 Å². The number of ether oxygens (including phenoxy) is 1. The van der Waals surface area contributed by atoms with Crippen molar-refractivity contribution < 1.29 is 18.0 Å². The van der Waals surface area contributed by atoms with Gasteiger partial charge >= 0.3 is 0 Å². The molecule has 2 unspecified atom stereocenters. The molecular formula is C26H34F2NO+. The van der Waals surface area contributed by atoms with Crippen LogP contribution in [0.25, 0.3) is 0 Å². The summed E-state index contributed by atoms with van der Waals surface area (Å²) in [6.45, 7) is 5.80.